The van der Waals surface area contributed by atoms with Crippen LogP contribution in [-0.2, 0) is 0 Å². The Hall–Kier alpha value is -0.0800. The van der Waals surface area contributed by atoms with Gasteiger partial charge in [0.1, 0.15) is 0 Å². The van der Waals surface area contributed by atoms with Crippen molar-refractivity contribution in [3.05, 3.63) is 0 Å². The number of likely N-dealkylation sites (tertiary alicyclic amines) is 1. The summed E-state index contributed by atoms with van der Waals surface area (Å²) < 4.78 is 0. The van der Waals surface area contributed by atoms with Crippen LogP contribution in [0.25, 0.3) is 0 Å². The average Bonchev–Trinajstić information content (AvgIpc) is 2.44. The molecule has 16 heavy (non-hydrogen) atoms. The molecular formula is C14H29NO. The highest BCUT2D eigenvalue weighted by molar-refractivity contribution is 4.78. The number of hydrogen-bond donors (Lipinski definition) is 1. The van der Waals surface area contributed by atoms with Crippen LogP contribution >= 0.6 is 0 Å². The molecule has 1 rings (SSSR count). The fourth-order valence-electron chi connectivity index (χ4n) is 2.67. The molecule has 0 spiro atoms. The van der Waals surface area contributed by atoms with Crippen LogP contribution in [0.4, 0.5) is 0 Å². The van der Waals surface area contributed by atoms with Gasteiger partial charge in [-0.1, -0.05) is 26.7 Å². The van der Waals surface area contributed by atoms with Gasteiger partial charge in [-0.05, 0) is 51.6 Å². The van der Waals surface area contributed by atoms with Crippen LogP contribution in [0.5, 0.6) is 0 Å². The van der Waals surface area contributed by atoms with Crippen molar-refractivity contribution in [2.75, 3.05) is 19.6 Å². The van der Waals surface area contributed by atoms with Gasteiger partial charge in [0.2, 0.25) is 0 Å². The van der Waals surface area contributed by atoms with Gasteiger partial charge >= 0.3 is 0 Å². The van der Waals surface area contributed by atoms with E-state index in [1.54, 1.807) is 0 Å². The van der Waals surface area contributed by atoms with Gasteiger partial charge in [-0.2, -0.15) is 0 Å². The number of β-amino-alcohol motifs (C(OH)–C–C–N with tert-alkyl or cyclic N) is 1. The summed E-state index contributed by atoms with van der Waals surface area (Å²) in [6, 6.07) is 0. The molecule has 1 fully saturated rings. The largest absolute Gasteiger partial charge is 0.389 e. The minimum atomic E-state index is -0.495. The van der Waals surface area contributed by atoms with E-state index >= 15 is 0 Å². The molecule has 2 heteroatoms. The predicted octanol–water partition coefficient (Wildman–Crippen LogP) is 3.05. The lowest BCUT2D eigenvalue weighted by atomic mass is 9.96. The first-order valence-corrected chi connectivity index (χ1v) is 7.02. The molecule has 1 saturated heterocycles. The van der Waals surface area contributed by atoms with Gasteiger partial charge < -0.3 is 10.0 Å². The zero-order chi connectivity index (χ0) is 12.0. The summed E-state index contributed by atoms with van der Waals surface area (Å²) in [4.78, 5) is 2.46. The van der Waals surface area contributed by atoms with Gasteiger partial charge in [0.05, 0.1) is 5.60 Å². The van der Waals surface area contributed by atoms with E-state index in [-0.39, 0.29) is 0 Å². The van der Waals surface area contributed by atoms with E-state index in [4.69, 9.17) is 0 Å². The second-order valence-corrected chi connectivity index (χ2v) is 5.71. The molecule has 0 aromatic carbocycles. The molecule has 0 saturated carbocycles. The molecule has 2 nitrogen and oxygen atoms in total. The van der Waals surface area contributed by atoms with Crippen LogP contribution < -0.4 is 0 Å². The molecule has 1 heterocycles. The summed E-state index contributed by atoms with van der Waals surface area (Å²) in [5.74, 6) is 0.932. The molecule has 1 aliphatic rings. The number of rotatable bonds is 5. The van der Waals surface area contributed by atoms with E-state index < -0.39 is 5.60 Å². The van der Waals surface area contributed by atoms with Crippen molar-refractivity contribution in [2.24, 2.45) is 5.92 Å². The first kappa shape index (κ1) is 14.0. The quantitative estimate of drug-likeness (QED) is 0.780. The molecule has 0 aliphatic carbocycles. The van der Waals surface area contributed by atoms with E-state index in [0.29, 0.717) is 0 Å². The molecule has 0 radical (unpaired) electrons. The molecule has 0 bridgehead atoms. The van der Waals surface area contributed by atoms with E-state index in [0.717, 1.165) is 18.9 Å². The number of aliphatic hydroxyl groups is 1. The lowest BCUT2D eigenvalue weighted by Crippen LogP contribution is -2.40. The molecular weight excluding hydrogens is 198 g/mol. The Bertz CT molecular complexity index is 191. The topological polar surface area (TPSA) is 23.5 Å². The lowest BCUT2D eigenvalue weighted by molar-refractivity contribution is 0.0170. The maximum absolute atomic E-state index is 10.1. The first-order valence-electron chi connectivity index (χ1n) is 7.02. The van der Waals surface area contributed by atoms with Gasteiger partial charge in [0, 0.05) is 6.54 Å². The molecule has 96 valence electrons. The summed E-state index contributed by atoms with van der Waals surface area (Å²) in [5.41, 5.74) is -0.495. The Morgan fingerprint density at radius 3 is 2.62 bits per heavy atom. The molecule has 0 aromatic rings. The van der Waals surface area contributed by atoms with Gasteiger partial charge in [0.25, 0.3) is 0 Å². The fourth-order valence-corrected chi connectivity index (χ4v) is 2.67. The van der Waals surface area contributed by atoms with E-state index in [1.807, 2.05) is 6.92 Å². The summed E-state index contributed by atoms with van der Waals surface area (Å²) >= 11 is 0. The average molecular weight is 227 g/mol. The SMILES string of the molecule is CCCC1CCCN(CC(C)(O)CC)CC1. The highest BCUT2D eigenvalue weighted by atomic mass is 16.3. The number of nitrogens with zero attached hydrogens (tertiary/aromatic N) is 1. The lowest BCUT2D eigenvalue weighted by Gasteiger charge is -2.30. The van der Waals surface area contributed by atoms with Gasteiger partial charge in [0.15, 0.2) is 0 Å². The highest BCUT2D eigenvalue weighted by Crippen LogP contribution is 2.23. The third-order valence-corrected chi connectivity index (χ3v) is 3.96. The second-order valence-electron chi connectivity index (χ2n) is 5.71. The minimum Gasteiger partial charge on any atom is -0.389 e. The monoisotopic (exact) mass is 227 g/mol. The van der Waals surface area contributed by atoms with E-state index in [9.17, 15) is 5.11 Å². The molecule has 1 N–H and O–H groups in total. The smallest absolute Gasteiger partial charge is 0.0743 e. The maximum Gasteiger partial charge on any atom is 0.0743 e. The standard InChI is InChI=1S/C14H29NO/c1-4-7-13-8-6-10-15(11-9-13)12-14(3,16)5-2/h13,16H,4-12H2,1-3H3. The Morgan fingerprint density at radius 2 is 2.00 bits per heavy atom. The van der Waals surface area contributed by atoms with Crippen molar-refractivity contribution in [2.45, 2.75) is 64.9 Å². The van der Waals surface area contributed by atoms with Gasteiger partial charge in [-0.15, -0.1) is 0 Å². The van der Waals surface area contributed by atoms with Crippen LogP contribution in [0.3, 0.4) is 0 Å². The molecule has 2 atom stereocenters. The van der Waals surface area contributed by atoms with Crippen molar-refractivity contribution < 1.29 is 5.11 Å². The predicted molar refractivity (Wildman–Crippen MR) is 69.6 cm³/mol. The first-order chi connectivity index (χ1) is 7.57. The Labute approximate surface area is 101 Å². The maximum atomic E-state index is 10.1. The Morgan fingerprint density at radius 1 is 1.25 bits per heavy atom. The molecule has 0 amide bonds. The Kier molecular flexibility index (Phi) is 5.77. The molecule has 0 aromatic heterocycles. The summed E-state index contributed by atoms with van der Waals surface area (Å²) in [6.45, 7) is 9.52. The molecule has 2 unspecified atom stereocenters. The molecule has 1 aliphatic heterocycles. The van der Waals surface area contributed by atoms with Gasteiger partial charge in [-0.3, -0.25) is 0 Å². The zero-order valence-electron chi connectivity index (χ0n) is 11.3. The zero-order valence-corrected chi connectivity index (χ0v) is 11.3. The second kappa shape index (κ2) is 6.61. The van der Waals surface area contributed by atoms with Crippen LogP contribution in [0.1, 0.15) is 59.3 Å². The van der Waals surface area contributed by atoms with Crippen LogP contribution in [0.15, 0.2) is 0 Å². The van der Waals surface area contributed by atoms with Crippen molar-refractivity contribution in [3.63, 3.8) is 0 Å². The highest BCUT2D eigenvalue weighted by Gasteiger charge is 2.24. The Balaban J connectivity index is 2.35. The van der Waals surface area contributed by atoms with E-state index in [1.165, 1.54) is 45.2 Å². The van der Waals surface area contributed by atoms with Crippen molar-refractivity contribution in [1.82, 2.24) is 4.90 Å². The van der Waals surface area contributed by atoms with Crippen LogP contribution in [-0.4, -0.2) is 35.2 Å². The third kappa shape index (κ3) is 4.84. The van der Waals surface area contributed by atoms with Crippen molar-refractivity contribution >= 4 is 0 Å². The summed E-state index contributed by atoms with van der Waals surface area (Å²) in [7, 11) is 0. The van der Waals surface area contributed by atoms with Crippen LogP contribution in [0, 0.1) is 5.92 Å². The summed E-state index contributed by atoms with van der Waals surface area (Å²) in [5, 5.41) is 10.1. The van der Waals surface area contributed by atoms with E-state index in [2.05, 4.69) is 18.7 Å². The fraction of sp³-hybridized carbons (Fsp3) is 1.00. The summed E-state index contributed by atoms with van der Waals surface area (Å²) in [6.07, 6.45) is 7.58. The minimum absolute atomic E-state index is 0.495. The van der Waals surface area contributed by atoms with Crippen molar-refractivity contribution in [1.29, 1.82) is 0 Å². The van der Waals surface area contributed by atoms with Crippen LogP contribution in [0.2, 0.25) is 0 Å². The van der Waals surface area contributed by atoms with Crippen molar-refractivity contribution in [3.8, 4) is 0 Å². The normalized spacial score (nSPS) is 27.4. The number of hydrogen-bond acceptors (Lipinski definition) is 2. The van der Waals surface area contributed by atoms with Gasteiger partial charge in [-0.25, -0.2) is 0 Å². The third-order valence-electron chi connectivity index (χ3n) is 3.96.